The molecule has 3 rings (SSSR count). The van der Waals surface area contributed by atoms with Crippen LogP contribution in [-0.4, -0.2) is 18.6 Å². The Bertz CT molecular complexity index is 505. The maximum absolute atomic E-state index is 9.75. The molecule has 26 heavy (non-hydrogen) atoms. The highest BCUT2D eigenvalue weighted by Crippen LogP contribution is 2.54. The van der Waals surface area contributed by atoms with Crippen LogP contribution in [0.25, 0.3) is 0 Å². The highest BCUT2D eigenvalue weighted by molar-refractivity contribution is 7.67. The molecule has 2 aliphatic carbocycles. The van der Waals surface area contributed by atoms with E-state index in [4.69, 9.17) is 0 Å². The fraction of sp³-hybridized carbons (Fsp3) is 0.700. The van der Waals surface area contributed by atoms with Gasteiger partial charge in [0.15, 0.2) is 0 Å². The van der Waals surface area contributed by atoms with Crippen molar-refractivity contribution in [1.82, 2.24) is 0 Å². The highest BCUT2D eigenvalue weighted by atomic mass is 31.1. The molecular formula is C20H32BF4P. The smallest absolute Gasteiger partial charge is 0.418 e. The summed E-state index contributed by atoms with van der Waals surface area (Å²) in [5.74, 6) is 0. The van der Waals surface area contributed by atoms with Crippen molar-refractivity contribution >= 4 is 20.5 Å². The lowest BCUT2D eigenvalue weighted by atomic mass is 9.99. The van der Waals surface area contributed by atoms with Crippen LogP contribution in [-0.2, 0) is 0 Å². The van der Waals surface area contributed by atoms with Gasteiger partial charge in [0.1, 0.15) is 0 Å². The van der Waals surface area contributed by atoms with Crippen LogP contribution in [0.3, 0.4) is 0 Å². The molecule has 2 aliphatic rings. The number of hydrogen-bond acceptors (Lipinski definition) is 0. The fourth-order valence-corrected chi connectivity index (χ4v) is 9.23. The first-order chi connectivity index (χ1) is 12.2. The van der Waals surface area contributed by atoms with Crippen LogP contribution in [0.15, 0.2) is 18.2 Å². The van der Waals surface area contributed by atoms with Crippen molar-refractivity contribution in [2.24, 2.45) is 0 Å². The van der Waals surface area contributed by atoms with Crippen molar-refractivity contribution in [2.45, 2.75) is 89.4 Å². The molecule has 0 aromatic heterocycles. The van der Waals surface area contributed by atoms with E-state index in [1.54, 1.807) is 5.30 Å². The molecule has 0 bridgehead atoms. The zero-order valence-electron chi connectivity index (χ0n) is 16.0. The van der Waals surface area contributed by atoms with Gasteiger partial charge in [0.05, 0.1) is 16.6 Å². The average molecular weight is 390 g/mol. The van der Waals surface area contributed by atoms with Crippen molar-refractivity contribution in [3.8, 4) is 0 Å². The van der Waals surface area contributed by atoms with Gasteiger partial charge in [-0.05, 0) is 88.5 Å². The molecule has 0 spiro atoms. The lowest BCUT2D eigenvalue weighted by Crippen LogP contribution is -2.26. The van der Waals surface area contributed by atoms with Crippen molar-refractivity contribution < 1.29 is 17.3 Å². The topological polar surface area (TPSA) is 0 Å². The second kappa shape index (κ2) is 10.1. The zero-order valence-corrected chi connectivity index (χ0v) is 17.0. The molecule has 2 fully saturated rings. The van der Waals surface area contributed by atoms with E-state index in [1.807, 2.05) is 0 Å². The zero-order chi connectivity index (χ0) is 19.2. The molecule has 0 unspecified atom stereocenters. The van der Waals surface area contributed by atoms with E-state index in [1.165, 1.54) is 75.3 Å². The Labute approximate surface area is 157 Å². The number of halogens is 4. The van der Waals surface area contributed by atoms with Crippen LogP contribution in [0.1, 0.15) is 75.3 Å². The molecule has 0 radical (unpaired) electrons. The van der Waals surface area contributed by atoms with Gasteiger partial charge in [-0.2, -0.15) is 0 Å². The normalized spacial score (nSPS) is 20.0. The van der Waals surface area contributed by atoms with E-state index < -0.39 is 7.25 Å². The molecular weight excluding hydrogens is 358 g/mol. The standard InChI is InChI=1S/C20H31P.BF4/c1-16-13-17(2)15-20(14-16)21(18-9-5-3-6-10-18)19-11-7-4-8-12-19;2-1(3,4)5/h13-15,18-19H,3-12H2,1-2H3;/q;-1/p+1. The maximum atomic E-state index is 9.75. The van der Waals surface area contributed by atoms with Crippen molar-refractivity contribution in [1.29, 1.82) is 0 Å². The van der Waals surface area contributed by atoms with E-state index in [0.29, 0.717) is 0 Å². The van der Waals surface area contributed by atoms with E-state index in [9.17, 15) is 17.3 Å². The Kier molecular flexibility index (Phi) is 8.45. The molecule has 2 saturated carbocycles. The van der Waals surface area contributed by atoms with Gasteiger partial charge in [-0.3, -0.25) is 0 Å². The number of rotatable bonds is 3. The largest absolute Gasteiger partial charge is 0.673 e. The number of aryl methyl sites for hydroxylation is 2. The molecule has 0 amide bonds. The molecule has 1 aromatic carbocycles. The third kappa shape index (κ3) is 7.58. The van der Waals surface area contributed by atoms with Crippen molar-refractivity contribution in [2.75, 3.05) is 0 Å². The minimum absolute atomic E-state index is 0.368. The summed E-state index contributed by atoms with van der Waals surface area (Å²) in [5.41, 5.74) is 5.10. The molecule has 6 heteroatoms. The third-order valence-electron chi connectivity index (χ3n) is 5.65. The maximum Gasteiger partial charge on any atom is 0.673 e. The molecule has 0 N–H and O–H groups in total. The Morgan fingerprint density at radius 3 is 1.38 bits per heavy atom. The minimum Gasteiger partial charge on any atom is -0.418 e. The molecule has 0 saturated heterocycles. The van der Waals surface area contributed by atoms with E-state index >= 15 is 0 Å². The molecule has 0 aliphatic heterocycles. The molecule has 0 nitrogen and oxygen atoms in total. The molecule has 148 valence electrons. The van der Waals surface area contributed by atoms with Gasteiger partial charge in [-0.25, -0.2) is 0 Å². The summed E-state index contributed by atoms with van der Waals surface area (Å²) in [7, 11) is -6.37. The van der Waals surface area contributed by atoms with E-state index in [0.717, 1.165) is 11.3 Å². The van der Waals surface area contributed by atoms with Crippen LogP contribution < -0.4 is 5.30 Å². The van der Waals surface area contributed by atoms with Crippen LogP contribution in [0.2, 0.25) is 0 Å². The molecule has 0 heterocycles. The van der Waals surface area contributed by atoms with Gasteiger partial charge in [-0.15, -0.1) is 0 Å². The van der Waals surface area contributed by atoms with Gasteiger partial charge in [0.25, 0.3) is 0 Å². The minimum atomic E-state index is -6.00. The molecule has 1 aromatic rings. The van der Waals surface area contributed by atoms with Gasteiger partial charge in [0, 0.05) is 7.92 Å². The van der Waals surface area contributed by atoms with Crippen molar-refractivity contribution in [3.63, 3.8) is 0 Å². The summed E-state index contributed by atoms with van der Waals surface area (Å²) >= 11 is 0. The van der Waals surface area contributed by atoms with Crippen LogP contribution in [0, 0.1) is 13.8 Å². The second-order valence-corrected chi connectivity index (χ2v) is 11.1. The van der Waals surface area contributed by atoms with Gasteiger partial charge in [-0.1, -0.05) is 18.9 Å². The summed E-state index contributed by atoms with van der Waals surface area (Å²) in [6.45, 7) is 4.58. The van der Waals surface area contributed by atoms with Crippen LogP contribution >= 0.6 is 7.92 Å². The van der Waals surface area contributed by atoms with Crippen LogP contribution in [0.5, 0.6) is 0 Å². The third-order valence-corrected chi connectivity index (χ3v) is 9.51. The highest BCUT2D eigenvalue weighted by Gasteiger charge is 2.39. The number of hydrogen-bond donors (Lipinski definition) is 0. The summed E-state index contributed by atoms with van der Waals surface area (Å²) in [6.07, 6.45) is 15.1. The summed E-state index contributed by atoms with van der Waals surface area (Å²) in [5, 5.41) is 1.77. The average Bonchev–Trinajstić information content (AvgIpc) is 2.55. The first-order valence-electron chi connectivity index (χ1n) is 10.1. The monoisotopic (exact) mass is 390 g/mol. The first kappa shape index (κ1) is 21.7. The predicted octanol–water partition coefficient (Wildman–Crippen LogP) is 7.11. The van der Waals surface area contributed by atoms with Gasteiger partial charge >= 0.3 is 7.25 Å². The quantitative estimate of drug-likeness (QED) is 0.293. The SMILES string of the molecule is Cc1cc(C)cc([PH+](C2CCCCC2)C2CCCCC2)c1.F[B-](F)(F)F. The summed E-state index contributed by atoms with van der Waals surface area (Å²) < 4.78 is 39.0. The molecule has 0 atom stereocenters. The number of benzene rings is 1. The second-order valence-electron chi connectivity index (χ2n) is 8.00. The Balaban J connectivity index is 0.000000431. The lowest BCUT2D eigenvalue weighted by Gasteiger charge is -2.32. The fourth-order valence-electron chi connectivity index (χ4n) is 4.77. The summed E-state index contributed by atoms with van der Waals surface area (Å²) in [6, 6.07) is 7.44. The van der Waals surface area contributed by atoms with E-state index in [-0.39, 0.29) is 7.92 Å². The first-order valence-corrected chi connectivity index (χ1v) is 11.7. The Morgan fingerprint density at radius 1 is 0.692 bits per heavy atom. The van der Waals surface area contributed by atoms with E-state index in [2.05, 4.69) is 32.0 Å². The Morgan fingerprint density at radius 2 is 1.04 bits per heavy atom. The van der Waals surface area contributed by atoms with Crippen LogP contribution in [0.4, 0.5) is 17.3 Å². The van der Waals surface area contributed by atoms with Gasteiger partial charge in [0.2, 0.25) is 0 Å². The predicted molar refractivity (Wildman–Crippen MR) is 108 cm³/mol. The lowest BCUT2D eigenvalue weighted by molar-refractivity contribution is 0.368. The van der Waals surface area contributed by atoms with Gasteiger partial charge < -0.3 is 17.3 Å². The van der Waals surface area contributed by atoms with Crippen molar-refractivity contribution in [3.05, 3.63) is 29.3 Å². The summed E-state index contributed by atoms with van der Waals surface area (Å²) in [4.78, 5) is 0. The Hall–Kier alpha value is -0.565.